The maximum Gasteiger partial charge on any atom is 0.272 e. The first-order valence-electron chi connectivity index (χ1n) is 10.6. The van der Waals surface area contributed by atoms with E-state index in [1.54, 1.807) is 15.4 Å². The van der Waals surface area contributed by atoms with Crippen molar-refractivity contribution in [3.05, 3.63) is 52.5 Å². The van der Waals surface area contributed by atoms with E-state index in [9.17, 15) is 15.0 Å². The molecule has 1 fully saturated rings. The van der Waals surface area contributed by atoms with Crippen molar-refractivity contribution in [1.29, 1.82) is 0 Å². The van der Waals surface area contributed by atoms with E-state index >= 15 is 0 Å². The summed E-state index contributed by atoms with van der Waals surface area (Å²) in [4.78, 5) is 13.1. The van der Waals surface area contributed by atoms with Gasteiger partial charge in [0.15, 0.2) is 5.69 Å². The average molecular weight is 464 g/mol. The van der Waals surface area contributed by atoms with Crippen LogP contribution in [-0.4, -0.2) is 47.8 Å². The molecule has 0 bridgehead atoms. The van der Waals surface area contributed by atoms with Gasteiger partial charge in [0.1, 0.15) is 18.1 Å². The van der Waals surface area contributed by atoms with Gasteiger partial charge in [0.25, 0.3) is 5.91 Å². The summed E-state index contributed by atoms with van der Waals surface area (Å²) in [5.74, 6) is 0.303. The van der Waals surface area contributed by atoms with Gasteiger partial charge in [-0.25, -0.2) is 4.68 Å². The molecule has 0 saturated heterocycles. The van der Waals surface area contributed by atoms with Crippen molar-refractivity contribution in [3.63, 3.8) is 0 Å². The van der Waals surface area contributed by atoms with Gasteiger partial charge in [-0.05, 0) is 36.4 Å². The van der Waals surface area contributed by atoms with Crippen LogP contribution in [0.3, 0.4) is 0 Å². The minimum atomic E-state index is -0.361. The maximum atomic E-state index is 13.1. The van der Waals surface area contributed by atoms with Crippen LogP contribution >= 0.6 is 11.3 Å². The van der Waals surface area contributed by atoms with Gasteiger partial charge in [0.2, 0.25) is 0 Å². The average Bonchev–Trinajstić information content (AvgIpc) is 3.51. The highest BCUT2D eigenvalue weighted by Crippen LogP contribution is 2.45. The fraction of sp³-hybridized carbons (Fsp3) is 0.261. The van der Waals surface area contributed by atoms with Crippen LogP contribution in [-0.2, 0) is 13.7 Å². The summed E-state index contributed by atoms with van der Waals surface area (Å²) in [5.41, 5.74) is 4.51. The highest BCUT2D eigenvalue weighted by Gasteiger charge is 2.34. The molecule has 33 heavy (non-hydrogen) atoms. The van der Waals surface area contributed by atoms with E-state index in [2.05, 4.69) is 15.5 Å². The van der Waals surface area contributed by atoms with E-state index in [1.807, 2.05) is 42.2 Å². The Labute approximate surface area is 192 Å². The largest absolute Gasteiger partial charge is 0.507 e. The number of nitrogens with zero attached hydrogens (tertiary/aromatic N) is 4. The summed E-state index contributed by atoms with van der Waals surface area (Å²) in [5, 5.41) is 36.2. The van der Waals surface area contributed by atoms with E-state index in [0.29, 0.717) is 41.1 Å². The summed E-state index contributed by atoms with van der Waals surface area (Å²) in [7, 11) is 1.82. The van der Waals surface area contributed by atoms with Gasteiger partial charge in [-0.3, -0.25) is 9.48 Å². The lowest BCUT2D eigenvalue weighted by atomic mass is 9.89. The molecular weight excluding hydrogens is 442 g/mol. The van der Waals surface area contributed by atoms with Crippen molar-refractivity contribution in [2.75, 3.05) is 0 Å². The predicted molar refractivity (Wildman–Crippen MR) is 122 cm³/mol. The van der Waals surface area contributed by atoms with Gasteiger partial charge in [-0.15, -0.1) is 0 Å². The van der Waals surface area contributed by atoms with Gasteiger partial charge in [0, 0.05) is 47.4 Å². The number of phenols is 1. The number of nitrogens with one attached hydrogen (secondary N) is 1. The molecule has 1 aliphatic carbocycles. The van der Waals surface area contributed by atoms with Crippen LogP contribution in [0.15, 0.2) is 41.2 Å². The Balaban J connectivity index is 1.50. The van der Waals surface area contributed by atoms with Gasteiger partial charge in [-0.1, -0.05) is 0 Å². The minimum Gasteiger partial charge on any atom is -0.507 e. The number of carbonyl (C=O) groups is 1. The van der Waals surface area contributed by atoms with E-state index in [-0.39, 0.29) is 30.4 Å². The number of aliphatic hydroxyl groups is 1. The number of carbonyl (C=O) groups excluding carboxylic acids is 1. The normalized spacial score (nSPS) is 18.7. The number of fused-ring (bicyclic) bond motifs is 3. The second-order valence-electron chi connectivity index (χ2n) is 8.39. The molecule has 6 rings (SSSR count). The van der Waals surface area contributed by atoms with Crippen LogP contribution in [0.1, 0.15) is 28.9 Å². The number of hydrogen-bond donors (Lipinski definition) is 3. The number of aliphatic hydroxyl groups excluding tert-OH is 1. The molecule has 0 atom stereocenters. The Hall–Kier alpha value is -3.63. The zero-order valence-corrected chi connectivity index (χ0v) is 18.5. The molecule has 9 nitrogen and oxygen atoms in total. The first-order chi connectivity index (χ1) is 16.0. The Morgan fingerprint density at radius 2 is 2.09 bits per heavy atom. The Kier molecular flexibility index (Phi) is 4.52. The molecular formula is C23H21N5O4S. The molecule has 2 aliphatic rings. The van der Waals surface area contributed by atoms with Crippen LogP contribution in [0.5, 0.6) is 11.5 Å². The number of aromatic hydroxyl groups is 1. The zero-order valence-electron chi connectivity index (χ0n) is 17.7. The van der Waals surface area contributed by atoms with E-state index in [4.69, 9.17) is 4.74 Å². The highest BCUT2D eigenvalue weighted by atomic mass is 32.1. The van der Waals surface area contributed by atoms with Crippen LogP contribution in [0.25, 0.3) is 28.2 Å². The van der Waals surface area contributed by atoms with E-state index in [0.717, 1.165) is 16.9 Å². The second-order valence-corrected chi connectivity index (χ2v) is 9.17. The molecule has 0 spiro atoms. The first kappa shape index (κ1) is 20.0. The Morgan fingerprint density at radius 1 is 1.24 bits per heavy atom. The van der Waals surface area contributed by atoms with Gasteiger partial charge < -0.3 is 20.3 Å². The summed E-state index contributed by atoms with van der Waals surface area (Å²) < 4.78 is 9.39. The van der Waals surface area contributed by atoms with Crippen LogP contribution < -0.4 is 10.1 Å². The van der Waals surface area contributed by atoms with Crippen molar-refractivity contribution >= 4 is 17.2 Å². The lowest BCUT2D eigenvalue weighted by Crippen LogP contribution is -2.47. The number of aryl methyl sites for hydroxylation is 1. The molecule has 0 unspecified atom stereocenters. The topological polar surface area (TPSA) is 114 Å². The smallest absolute Gasteiger partial charge is 0.272 e. The molecule has 0 radical (unpaired) electrons. The van der Waals surface area contributed by atoms with Crippen molar-refractivity contribution in [2.45, 2.75) is 31.6 Å². The number of benzene rings is 1. The predicted octanol–water partition coefficient (Wildman–Crippen LogP) is 2.85. The highest BCUT2D eigenvalue weighted by molar-refractivity contribution is 7.08. The number of hydrogen-bond acceptors (Lipinski definition) is 7. The quantitative estimate of drug-likeness (QED) is 0.429. The molecule has 168 valence electrons. The summed E-state index contributed by atoms with van der Waals surface area (Å²) in [6, 6.07) is 7.13. The summed E-state index contributed by atoms with van der Waals surface area (Å²) in [6.07, 6.45) is 2.54. The lowest BCUT2D eigenvalue weighted by Gasteiger charge is -2.31. The van der Waals surface area contributed by atoms with Gasteiger partial charge >= 0.3 is 0 Å². The number of amides is 1. The summed E-state index contributed by atoms with van der Waals surface area (Å²) in [6.45, 7) is 0.158. The summed E-state index contributed by atoms with van der Waals surface area (Å²) >= 11 is 1.54. The number of rotatable bonds is 4. The molecule has 1 amide bonds. The van der Waals surface area contributed by atoms with Crippen molar-refractivity contribution in [3.8, 4) is 39.7 Å². The second kappa shape index (κ2) is 7.46. The third-order valence-corrected chi connectivity index (χ3v) is 6.78. The SMILES string of the molecule is Cn1ccc(-c2cc3c(cc2O)OCc2c(C(=O)NC4CC(O)C4)nn(-c4ccsc4)c2-3)n1. The van der Waals surface area contributed by atoms with Crippen LogP contribution in [0, 0.1) is 0 Å². The lowest BCUT2D eigenvalue weighted by molar-refractivity contribution is 0.0559. The van der Waals surface area contributed by atoms with E-state index < -0.39 is 0 Å². The van der Waals surface area contributed by atoms with Crippen molar-refractivity contribution in [1.82, 2.24) is 24.9 Å². The minimum absolute atomic E-state index is 0.0565. The van der Waals surface area contributed by atoms with Crippen molar-refractivity contribution < 1.29 is 19.7 Å². The van der Waals surface area contributed by atoms with E-state index in [1.165, 1.54) is 11.3 Å². The number of ether oxygens (including phenoxy) is 1. The number of phenolic OH excluding ortho intramolecular Hbond substituents is 1. The molecule has 4 aromatic rings. The van der Waals surface area contributed by atoms with Crippen molar-refractivity contribution in [2.24, 2.45) is 7.05 Å². The van der Waals surface area contributed by atoms with Gasteiger partial charge in [0.05, 0.1) is 23.2 Å². The number of thiophene rings is 1. The third kappa shape index (κ3) is 3.30. The Bertz CT molecular complexity index is 1370. The molecule has 1 aromatic carbocycles. The molecule has 1 aliphatic heterocycles. The molecule has 10 heteroatoms. The fourth-order valence-corrected chi connectivity index (χ4v) is 4.97. The van der Waals surface area contributed by atoms with Crippen LogP contribution in [0.4, 0.5) is 0 Å². The standard InChI is InChI=1S/C23H21N5O4S/c1-27-4-2-18(25-27)15-8-16-20(9-19(15)30)32-10-17-21(23(31)24-12-6-14(29)7-12)26-28(22(16)17)13-3-5-33-11-13/h2-5,8-9,11-12,14,29-30H,6-7,10H2,1H3,(H,24,31). The molecule has 3 N–H and O–H groups in total. The third-order valence-electron chi connectivity index (χ3n) is 6.11. The monoisotopic (exact) mass is 463 g/mol. The Morgan fingerprint density at radius 3 is 2.79 bits per heavy atom. The maximum absolute atomic E-state index is 13.1. The molecule has 3 aromatic heterocycles. The molecule has 4 heterocycles. The van der Waals surface area contributed by atoms with Crippen LogP contribution in [0.2, 0.25) is 0 Å². The molecule has 1 saturated carbocycles. The fourth-order valence-electron chi connectivity index (χ4n) is 4.36. The first-order valence-corrected chi connectivity index (χ1v) is 11.6. The zero-order chi connectivity index (χ0) is 22.7. The number of aromatic nitrogens is 4. The van der Waals surface area contributed by atoms with Gasteiger partial charge in [-0.2, -0.15) is 21.5 Å².